The maximum Gasteiger partial charge on any atom is 0.338 e. The number of nitrogens with one attached hydrogen (secondary N) is 1. The summed E-state index contributed by atoms with van der Waals surface area (Å²) >= 11 is 0. The molecule has 0 radical (unpaired) electrons. The van der Waals surface area contributed by atoms with Crippen LogP contribution in [0.4, 0.5) is 5.95 Å². The Hall–Kier alpha value is -3.10. The van der Waals surface area contributed by atoms with Crippen LogP contribution in [0.2, 0.25) is 0 Å². The van der Waals surface area contributed by atoms with Gasteiger partial charge in [-0.15, -0.1) is 0 Å². The standard InChI is InChI=1S/C21H27N5O4/c1-4-29-17-12-14(10-11-16(17)28-3)19-18(13(2)22-21-23-24-25-26(19)21)20(27)30-15-8-6-5-7-9-15/h10-12,15,19H,4-9H2,1-3H3,(H,22,23,25). The molecule has 1 saturated carbocycles. The van der Waals surface area contributed by atoms with E-state index in [0.717, 1.165) is 31.2 Å². The lowest BCUT2D eigenvalue weighted by Crippen LogP contribution is -2.32. The Morgan fingerprint density at radius 1 is 1.23 bits per heavy atom. The number of esters is 1. The van der Waals surface area contributed by atoms with Crippen molar-refractivity contribution in [3.63, 3.8) is 0 Å². The monoisotopic (exact) mass is 413 g/mol. The summed E-state index contributed by atoms with van der Waals surface area (Å²) in [5.41, 5.74) is 1.98. The molecule has 1 aromatic heterocycles. The van der Waals surface area contributed by atoms with Crippen LogP contribution in [0.25, 0.3) is 0 Å². The number of tetrazole rings is 1. The van der Waals surface area contributed by atoms with Crippen molar-refractivity contribution in [3.8, 4) is 11.5 Å². The Morgan fingerprint density at radius 3 is 2.77 bits per heavy atom. The maximum atomic E-state index is 13.3. The van der Waals surface area contributed by atoms with Crippen LogP contribution in [0, 0.1) is 0 Å². The third kappa shape index (κ3) is 3.83. The van der Waals surface area contributed by atoms with Crippen LogP contribution in [-0.2, 0) is 9.53 Å². The van der Waals surface area contributed by atoms with Gasteiger partial charge in [0, 0.05) is 5.70 Å². The van der Waals surface area contributed by atoms with Gasteiger partial charge in [0.05, 0.1) is 19.3 Å². The van der Waals surface area contributed by atoms with Crippen molar-refractivity contribution in [1.29, 1.82) is 0 Å². The predicted octanol–water partition coefficient (Wildman–Crippen LogP) is 3.25. The van der Waals surface area contributed by atoms with Gasteiger partial charge in [0.15, 0.2) is 11.5 Å². The molecule has 1 unspecified atom stereocenters. The summed E-state index contributed by atoms with van der Waals surface area (Å²) in [7, 11) is 1.60. The van der Waals surface area contributed by atoms with E-state index in [0.29, 0.717) is 35.3 Å². The van der Waals surface area contributed by atoms with Crippen molar-refractivity contribution in [1.82, 2.24) is 20.2 Å². The molecule has 9 nitrogen and oxygen atoms in total. The van der Waals surface area contributed by atoms with Crippen molar-refractivity contribution in [2.45, 2.75) is 58.1 Å². The molecule has 4 rings (SSSR count). The molecule has 30 heavy (non-hydrogen) atoms. The second-order valence-electron chi connectivity index (χ2n) is 7.52. The molecule has 0 saturated heterocycles. The summed E-state index contributed by atoms with van der Waals surface area (Å²) in [6.07, 6.45) is 5.14. The molecular formula is C21H27N5O4. The molecule has 1 N–H and O–H groups in total. The van der Waals surface area contributed by atoms with Crippen LogP contribution in [0.1, 0.15) is 57.6 Å². The van der Waals surface area contributed by atoms with E-state index >= 15 is 0 Å². The zero-order valence-corrected chi connectivity index (χ0v) is 17.6. The largest absolute Gasteiger partial charge is 0.493 e. The van der Waals surface area contributed by atoms with Gasteiger partial charge < -0.3 is 19.5 Å². The normalized spacial score (nSPS) is 19.1. The first-order chi connectivity index (χ1) is 14.6. The lowest BCUT2D eigenvalue weighted by molar-refractivity contribution is -0.146. The van der Waals surface area contributed by atoms with Gasteiger partial charge in [-0.25, -0.2) is 4.79 Å². The Bertz CT molecular complexity index is 949. The van der Waals surface area contributed by atoms with E-state index in [1.807, 2.05) is 32.0 Å². The highest BCUT2D eigenvalue weighted by molar-refractivity contribution is 5.92. The number of aromatic nitrogens is 4. The number of anilines is 1. The van der Waals surface area contributed by atoms with Crippen LogP contribution in [0.15, 0.2) is 29.5 Å². The summed E-state index contributed by atoms with van der Waals surface area (Å²) in [6, 6.07) is 5.05. The number of hydrogen-bond donors (Lipinski definition) is 1. The van der Waals surface area contributed by atoms with E-state index in [1.54, 1.807) is 11.8 Å². The van der Waals surface area contributed by atoms with E-state index < -0.39 is 6.04 Å². The number of benzene rings is 1. The molecule has 1 aliphatic heterocycles. The van der Waals surface area contributed by atoms with Gasteiger partial charge in [-0.1, -0.05) is 17.6 Å². The topological polar surface area (TPSA) is 100 Å². The summed E-state index contributed by atoms with van der Waals surface area (Å²) in [4.78, 5) is 13.3. The molecule has 2 aliphatic rings. The van der Waals surface area contributed by atoms with E-state index in [-0.39, 0.29) is 12.1 Å². The number of rotatable bonds is 6. The molecule has 0 spiro atoms. The molecule has 1 aliphatic carbocycles. The fraction of sp³-hybridized carbons (Fsp3) is 0.524. The number of carbonyl (C=O) groups is 1. The molecule has 2 aromatic rings. The van der Waals surface area contributed by atoms with Crippen LogP contribution in [0.5, 0.6) is 11.5 Å². The second-order valence-corrected chi connectivity index (χ2v) is 7.52. The zero-order valence-electron chi connectivity index (χ0n) is 17.6. The fourth-order valence-electron chi connectivity index (χ4n) is 4.11. The van der Waals surface area contributed by atoms with Gasteiger partial charge in [0.1, 0.15) is 12.1 Å². The Morgan fingerprint density at radius 2 is 2.03 bits per heavy atom. The van der Waals surface area contributed by atoms with Gasteiger partial charge in [-0.3, -0.25) is 0 Å². The number of nitrogens with zero attached hydrogens (tertiary/aromatic N) is 4. The summed E-state index contributed by atoms with van der Waals surface area (Å²) in [6.45, 7) is 4.25. The maximum absolute atomic E-state index is 13.3. The van der Waals surface area contributed by atoms with Gasteiger partial charge >= 0.3 is 5.97 Å². The third-order valence-corrected chi connectivity index (χ3v) is 5.56. The highest BCUT2D eigenvalue weighted by Crippen LogP contribution is 2.39. The van der Waals surface area contributed by atoms with Crippen LogP contribution in [0.3, 0.4) is 0 Å². The van der Waals surface area contributed by atoms with Crippen molar-refractivity contribution < 1.29 is 19.0 Å². The number of carbonyl (C=O) groups excluding carboxylic acids is 1. The average molecular weight is 413 g/mol. The number of methoxy groups -OCH3 is 1. The van der Waals surface area contributed by atoms with Crippen molar-refractivity contribution in [2.75, 3.05) is 19.0 Å². The molecule has 0 amide bonds. The Balaban J connectivity index is 1.73. The lowest BCUT2D eigenvalue weighted by Gasteiger charge is -2.29. The average Bonchev–Trinajstić information content (AvgIpc) is 3.21. The van der Waals surface area contributed by atoms with E-state index in [4.69, 9.17) is 14.2 Å². The minimum Gasteiger partial charge on any atom is -0.493 e. The van der Waals surface area contributed by atoms with Gasteiger partial charge in [0.2, 0.25) is 5.95 Å². The smallest absolute Gasteiger partial charge is 0.338 e. The first kappa shape index (κ1) is 20.2. The molecule has 2 heterocycles. The van der Waals surface area contributed by atoms with Crippen molar-refractivity contribution in [3.05, 3.63) is 35.0 Å². The second kappa shape index (κ2) is 8.73. The van der Waals surface area contributed by atoms with Gasteiger partial charge in [0.25, 0.3) is 0 Å². The molecule has 0 bridgehead atoms. The SMILES string of the molecule is CCOc1cc(C2C(C(=O)OC3CCCCC3)=C(C)Nc3nnnn32)ccc1OC. The third-order valence-electron chi connectivity index (χ3n) is 5.56. The van der Waals surface area contributed by atoms with Crippen molar-refractivity contribution >= 4 is 11.9 Å². The first-order valence-electron chi connectivity index (χ1n) is 10.4. The number of hydrogen-bond acceptors (Lipinski definition) is 8. The highest BCUT2D eigenvalue weighted by atomic mass is 16.5. The molecule has 9 heteroatoms. The molecular weight excluding hydrogens is 386 g/mol. The number of allylic oxidation sites excluding steroid dienone is 1. The number of fused-ring (bicyclic) bond motifs is 1. The quantitative estimate of drug-likeness (QED) is 0.721. The summed E-state index contributed by atoms with van der Waals surface area (Å²) in [5, 5.41) is 15.1. The van der Waals surface area contributed by atoms with Crippen LogP contribution in [-0.4, -0.2) is 46.0 Å². The highest BCUT2D eigenvalue weighted by Gasteiger charge is 2.36. The van der Waals surface area contributed by atoms with Crippen molar-refractivity contribution in [2.24, 2.45) is 0 Å². The van der Waals surface area contributed by atoms with E-state index in [9.17, 15) is 4.79 Å². The lowest BCUT2D eigenvalue weighted by atomic mass is 9.94. The van der Waals surface area contributed by atoms with E-state index in [2.05, 4.69) is 20.8 Å². The molecule has 1 atom stereocenters. The summed E-state index contributed by atoms with van der Waals surface area (Å²) in [5.74, 6) is 1.36. The summed E-state index contributed by atoms with van der Waals surface area (Å²) < 4.78 is 18.6. The number of ether oxygens (including phenoxy) is 3. The fourth-order valence-corrected chi connectivity index (χ4v) is 4.11. The van der Waals surface area contributed by atoms with Gasteiger partial charge in [-0.05, 0) is 67.7 Å². The molecule has 1 aromatic carbocycles. The van der Waals surface area contributed by atoms with E-state index in [1.165, 1.54) is 6.42 Å². The van der Waals surface area contributed by atoms with Crippen LogP contribution >= 0.6 is 0 Å². The Kier molecular flexibility index (Phi) is 5.87. The van der Waals surface area contributed by atoms with Crippen LogP contribution < -0.4 is 14.8 Å². The minimum atomic E-state index is -0.530. The van der Waals surface area contributed by atoms with Gasteiger partial charge in [-0.2, -0.15) is 4.68 Å². The zero-order chi connectivity index (χ0) is 21.1. The Labute approximate surface area is 175 Å². The predicted molar refractivity (Wildman–Crippen MR) is 109 cm³/mol. The molecule has 1 fully saturated rings. The first-order valence-corrected chi connectivity index (χ1v) is 10.4. The minimum absolute atomic E-state index is 0.0441. The molecule has 160 valence electrons.